The molecule has 5 nitrogen and oxygen atoms in total. The molecule has 2 aliphatic heterocycles. The van der Waals surface area contributed by atoms with E-state index in [-0.39, 0.29) is 11.5 Å². The van der Waals surface area contributed by atoms with Crippen LogP contribution in [0.3, 0.4) is 0 Å². The molecule has 0 atom stereocenters. The fraction of sp³-hybridized carbons (Fsp3) is 0.238. The van der Waals surface area contributed by atoms with E-state index in [0.717, 1.165) is 0 Å². The summed E-state index contributed by atoms with van der Waals surface area (Å²) >= 11 is 12.4. The number of carboxylic acids is 1. The quantitative estimate of drug-likeness (QED) is 0.780. The summed E-state index contributed by atoms with van der Waals surface area (Å²) in [6, 6.07) is 11.7. The highest BCUT2D eigenvalue weighted by Gasteiger charge is 2.47. The number of amides is 1. The van der Waals surface area contributed by atoms with Crippen molar-refractivity contribution in [3.8, 4) is 0 Å². The molecule has 7 heteroatoms. The second kappa shape index (κ2) is 7.24. The molecule has 0 saturated carbocycles. The zero-order valence-corrected chi connectivity index (χ0v) is 16.3. The molecule has 0 radical (unpaired) electrons. The van der Waals surface area contributed by atoms with Crippen LogP contribution in [0.25, 0.3) is 11.1 Å². The summed E-state index contributed by atoms with van der Waals surface area (Å²) in [5.41, 5.74) is 1.53. The standard InChI is InChI=1S/C21H17Cl2NO4/c22-12-5-6-15(16(23)11-12)17-18(13-3-1-2-4-14(13)20(26)27)21(24-19(17)25)7-9-28-10-8-21/h1-6,11H,7-10H2,(H,24,25)(H,26,27). The number of carboxylic acid groups (broad SMARTS) is 1. The van der Waals surface area contributed by atoms with Gasteiger partial charge < -0.3 is 15.2 Å². The van der Waals surface area contributed by atoms with Gasteiger partial charge in [0.1, 0.15) is 0 Å². The maximum absolute atomic E-state index is 13.1. The van der Waals surface area contributed by atoms with Gasteiger partial charge in [-0.15, -0.1) is 0 Å². The van der Waals surface area contributed by atoms with E-state index in [9.17, 15) is 14.7 Å². The molecule has 2 aromatic carbocycles. The molecule has 1 fully saturated rings. The van der Waals surface area contributed by atoms with E-state index >= 15 is 0 Å². The summed E-state index contributed by atoms with van der Waals surface area (Å²) in [6.07, 6.45) is 1.10. The van der Waals surface area contributed by atoms with E-state index < -0.39 is 11.5 Å². The Morgan fingerprint density at radius 2 is 1.79 bits per heavy atom. The first kappa shape index (κ1) is 19.0. The smallest absolute Gasteiger partial charge is 0.336 e. The third kappa shape index (κ3) is 3.09. The normalized spacial score (nSPS) is 18.4. The van der Waals surface area contributed by atoms with Gasteiger partial charge in [0.05, 0.1) is 21.7 Å². The molecule has 2 N–H and O–H groups in total. The number of hydrogen-bond donors (Lipinski definition) is 2. The van der Waals surface area contributed by atoms with E-state index in [1.165, 1.54) is 0 Å². The summed E-state index contributed by atoms with van der Waals surface area (Å²) in [5.74, 6) is -1.33. The largest absolute Gasteiger partial charge is 0.478 e. The minimum absolute atomic E-state index is 0.141. The third-order valence-corrected chi connectivity index (χ3v) is 5.83. The van der Waals surface area contributed by atoms with Gasteiger partial charge in [-0.25, -0.2) is 4.79 Å². The lowest BCUT2D eigenvalue weighted by Gasteiger charge is -2.36. The predicted octanol–water partition coefficient (Wildman–Crippen LogP) is 4.28. The molecule has 144 valence electrons. The van der Waals surface area contributed by atoms with E-state index in [1.54, 1.807) is 42.5 Å². The molecule has 1 saturated heterocycles. The molecule has 0 aliphatic carbocycles. The number of nitrogens with one attached hydrogen (secondary N) is 1. The average Bonchev–Trinajstić information content (AvgIpc) is 2.93. The molecule has 4 rings (SSSR count). The number of hydrogen-bond acceptors (Lipinski definition) is 3. The van der Waals surface area contributed by atoms with Crippen molar-refractivity contribution in [3.05, 3.63) is 69.2 Å². The number of carbonyl (C=O) groups excluding carboxylic acids is 1. The number of halogens is 2. The number of carbonyl (C=O) groups is 2. The Hall–Kier alpha value is -2.34. The van der Waals surface area contributed by atoms with Crippen molar-refractivity contribution < 1.29 is 19.4 Å². The summed E-state index contributed by atoms with van der Waals surface area (Å²) in [5, 5.41) is 13.6. The van der Waals surface area contributed by atoms with Gasteiger partial charge >= 0.3 is 5.97 Å². The number of ether oxygens (including phenoxy) is 1. The van der Waals surface area contributed by atoms with Crippen molar-refractivity contribution in [2.75, 3.05) is 13.2 Å². The van der Waals surface area contributed by atoms with Crippen LogP contribution in [0.4, 0.5) is 0 Å². The number of aromatic carboxylic acids is 1. The van der Waals surface area contributed by atoms with Crippen LogP contribution in [0.2, 0.25) is 10.0 Å². The van der Waals surface area contributed by atoms with Crippen LogP contribution < -0.4 is 5.32 Å². The minimum atomic E-state index is -1.05. The summed E-state index contributed by atoms with van der Waals surface area (Å²) in [7, 11) is 0. The highest BCUT2D eigenvalue weighted by atomic mass is 35.5. The second-order valence-electron chi connectivity index (χ2n) is 6.87. The van der Waals surface area contributed by atoms with Crippen LogP contribution in [0, 0.1) is 0 Å². The first-order chi connectivity index (χ1) is 13.4. The van der Waals surface area contributed by atoms with Crippen LogP contribution in [0.5, 0.6) is 0 Å². The van der Waals surface area contributed by atoms with Gasteiger partial charge in [0.25, 0.3) is 5.91 Å². The Balaban J connectivity index is 2.04. The highest BCUT2D eigenvalue weighted by Crippen LogP contribution is 2.47. The Morgan fingerprint density at radius 3 is 2.46 bits per heavy atom. The van der Waals surface area contributed by atoms with E-state index in [1.807, 2.05) is 0 Å². The Bertz CT molecular complexity index is 1010. The van der Waals surface area contributed by atoms with Gasteiger partial charge in [-0.05, 0) is 42.2 Å². The van der Waals surface area contributed by atoms with Crippen molar-refractivity contribution in [1.82, 2.24) is 5.32 Å². The molecule has 1 amide bonds. The van der Waals surface area contributed by atoms with E-state index in [4.69, 9.17) is 27.9 Å². The fourth-order valence-electron chi connectivity index (χ4n) is 4.02. The summed E-state index contributed by atoms with van der Waals surface area (Å²) in [6.45, 7) is 0.946. The first-order valence-corrected chi connectivity index (χ1v) is 9.62. The van der Waals surface area contributed by atoms with Crippen molar-refractivity contribution in [2.45, 2.75) is 18.4 Å². The molecule has 0 bridgehead atoms. The zero-order valence-electron chi connectivity index (χ0n) is 14.8. The molecule has 2 aromatic rings. The lowest BCUT2D eigenvalue weighted by molar-refractivity contribution is -0.116. The molecule has 0 unspecified atom stereocenters. The highest BCUT2D eigenvalue weighted by molar-refractivity contribution is 6.40. The number of rotatable bonds is 3. The molecule has 0 aromatic heterocycles. The van der Waals surface area contributed by atoms with Gasteiger partial charge in [0.2, 0.25) is 0 Å². The topological polar surface area (TPSA) is 75.6 Å². The van der Waals surface area contributed by atoms with Crippen molar-refractivity contribution in [2.24, 2.45) is 0 Å². The number of benzene rings is 2. The molecule has 1 spiro atoms. The molecule has 28 heavy (non-hydrogen) atoms. The summed E-state index contributed by atoms with van der Waals surface area (Å²) < 4.78 is 5.50. The van der Waals surface area contributed by atoms with Gasteiger partial charge in [0, 0.05) is 23.8 Å². The molecule has 2 heterocycles. The van der Waals surface area contributed by atoms with Crippen LogP contribution >= 0.6 is 23.2 Å². The summed E-state index contributed by atoms with van der Waals surface area (Å²) in [4.78, 5) is 25.0. The lowest BCUT2D eigenvalue weighted by atomic mass is 9.77. The predicted molar refractivity (Wildman–Crippen MR) is 108 cm³/mol. The van der Waals surface area contributed by atoms with Crippen molar-refractivity contribution in [1.29, 1.82) is 0 Å². The van der Waals surface area contributed by atoms with Crippen LogP contribution in [0.15, 0.2) is 42.5 Å². The fourth-order valence-corrected chi connectivity index (χ4v) is 4.52. The Morgan fingerprint density at radius 1 is 1.07 bits per heavy atom. The minimum Gasteiger partial charge on any atom is -0.478 e. The van der Waals surface area contributed by atoms with Crippen LogP contribution in [-0.2, 0) is 9.53 Å². The maximum Gasteiger partial charge on any atom is 0.336 e. The van der Waals surface area contributed by atoms with Crippen LogP contribution in [-0.4, -0.2) is 35.7 Å². The Labute approximate surface area is 171 Å². The van der Waals surface area contributed by atoms with Gasteiger partial charge in [0.15, 0.2) is 0 Å². The van der Waals surface area contributed by atoms with Gasteiger partial charge in [-0.2, -0.15) is 0 Å². The Kier molecular flexibility index (Phi) is 4.91. The lowest BCUT2D eigenvalue weighted by Crippen LogP contribution is -2.48. The monoisotopic (exact) mass is 417 g/mol. The van der Waals surface area contributed by atoms with E-state index in [2.05, 4.69) is 5.32 Å². The van der Waals surface area contributed by atoms with Gasteiger partial charge in [-0.1, -0.05) is 47.5 Å². The first-order valence-electron chi connectivity index (χ1n) is 8.86. The SMILES string of the molecule is O=C1NC2(CCOCC2)C(c2ccccc2C(=O)O)=C1c1ccc(Cl)cc1Cl. The van der Waals surface area contributed by atoms with Gasteiger partial charge in [-0.3, -0.25) is 4.79 Å². The molecular weight excluding hydrogens is 401 g/mol. The van der Waals surface area contributed by atoms with E-state index in [0.29, 0.717) is 58.4 Å². The van der Waals surface area contributed by atoms with Crippen molar-refractivity contribution >= 4 is 46.2 Å². The third-order valence-electron chi connectivity index (χ3n) is 5.28. The molecular formula is C21H17Cl2NO4. The zero-order chi connectivity index (χ0) is 19.9. The molecule has 2 aliphatic rings. The second-order valence-corrected chi connectivity index (χ2v) is 7.72. The average molecular weight is 418 g/mol. The van der Waals surface area contributed by atoms with Crippen molar-refractivity contribution in [3.63, 3.8) is 0 Å². The van der Waals surface area contributed by atoms with Crippen LogP contribution in [0.1, 0.15) is 34.3 Å². The maximum atomic E-state index is 13.1.